The maximum absolute atomic E-state index is 10.8. The van der Waals surface area contributed by atoms with Gasteiger partial charge in [0.2, 0.25) is 0 Å². The number of hydrogen-bond acceptors (Lipinski definition) is 4. The van der Waals surface area contributed by atoms with Gasteiger partial charge in [-0.2, -0.15) is 0 Å². The Bertz CT molecular complexity index is 404. The number of phenolic OH excluding ortho intramolecular Hbond substituents is 1. The summed E-state index contributed by atoms with van der Waals surface area (Å²) in [6.07, 6.45) is 0. The quantitative estimate of drug-likeness (QED) is 0.625. The van der Waals surface area contributed by atoms with Crippen molar-refractivity contribution in [2.24, 2.45) is 11.7 Å². The summed E-state index contributed by atoms with van der Waals surface area (Å²) in [5.41, 5.74) is 6.32. The third-order valence-corrected chi connectivity index (χ3v) is 2.52. The first kappa shape index (κ1) is 9.79. The number of aromatic hydroxyl groups is 1. The fourth-order valence-corrected chi connectivity index (χ4v) is 1.65. The average Bonchev–Trinajstić information content (AvgIpc) is 2.19. The van der Waals surface area contributed by atoms with Gasteiger partial charge in [0.05, 0.1) is 6.04 Å². The fourth-order valence-electron chi connectivity index (χ4n) is 1.65. The van der Waals surface area contributed by atoms with E-state index in [0.29, 0.717) is 11.3 Å². The molecule has 1 aliphatic rings. The maximum atomic E-state index is 10.8. The lowest BCUT2D eigenvalue weighted by Gasteiger charge is -2.28. The van der Waals surface area contributed by atoms with Crippen molar-refractivity contribution in [1.82, 2.24) is 0 Å². The molecular weight excluding hydrogens is 198 g/mol. The lowest BCUT2D eigenvalue weighted by Crippen LogP contribution is -2.36. The molecule has 0 aliphatic carbocycles. The van der Waals surface area contributed by atoms with Crippen molar-refractivity contribution in [3.63, 3.8) is 0 Å². The first-order valence-electron chi connectivity index (χ1n) is 4.53. The molecule has 0 amide bonds. The van der Waals surface area contributed by atoms with E-state index in [1.807, 2.05) is 0 Å². The van der Waals surface area contributed by atoms with Crippen LogP contribution in [0.3, 0.4) is 0 Å². The second kappa shape index (κ2) is 3.43. The van der Waals surface area contributed by atoms with Crippen LogP contribution in [0.4, 0.5) is 0 Å². The minimum Gasteiger partial charge on any atom is -0.508 e. The molecule has 5 heteroatoms. The molecule has 1 aromatic rings. The first-order valence-corrected chi connectivity index (χ1v) is 4.53. The molecule has 0 saturated heterocycles. The van der Waals surface area contributed by atoms with Gasteiger partial charge in [0, 0.05) is 5.56 Å². The highest BCUT2D eigenvalue weighted by Crippen LogP contribution is 2.35. The van der Waals surface area contributed by atoms with Crippen LogP contribution in [0.2, 0.25) is 0 Å². The summed E-state index contributed by atoms with van der Waals surface area (Å²) >= 11 is 0. The summed E-state index contributed by atoms with van der Waals surface area (Å²) in [5, 5.41) is 18.2. The van der Waals surface area contributed by atoms with Crippen molar-refractivity contribution in [2.75, 3.05) is 6.61 Å². The van der Waals surface area contributed by atoms with Crippen molar-refractivity contribution in [3.8, 4) is 11.5 Å². The number of nitrogens with two attached hydrogens (primary N) is 1. The van der Waals surface area contributed by atoms with Gasteiger partial charge in [-0.15, -0.1) is 0 Å². The standard InChI is InChI=1S/C10H11NO4/c11-9-6-3-5(12)1-2-8(6)15-4-7(9)10(13)14/h1-3,7,9,12H,4,11H2,(H,13,14). The molecule has 0 radical (unpaired) electrons. The van der Waals surface area contributed by atoms with Crippen LogP contribution in [0.1, 0.15) is 11.6 Å². The summed E-state index contributed by atoms with van der Waals surface area (Å²) < 4.78 is 5.25. The third-order valence-electron chi connectivity index (χ3n) is 2.52. The number of fused-ring (bicyclic) bond motifs is 1. The van der Waals surface area contributed by atoms with Crippen molar-refractivity contribution in [3.05, 3.63) is 23.8 Å². The van der Waals surface area contributed by atoms with E-state index < -0.39 is 17.9 Å². The Morgan fingerprint density at radius 3 is 2.93 bits per heavy atom. The molecule has 0 saturated carbocycles. The van der Waals surface area contributed by atoms with Crippen LogP contribution in [0.25, 0.3) is 0 Å². The fraction of sp³-hybridized carbons (Fsp3) is 0.300. The SMILES string of the molecule is NC1c2cc(O)ccc2OCC1C(=O)O. The molecule has 80 valence electrons. The van der Waals surface area contributed by atoms with Crippen LogP contribution < -0.4 is 10.5 Å². The minimum absolute atomic E-state index is 0.0545. The third kappa shape index (κ3) is 1.61. The molecular formula is C10H11NO4. The van der Waals surface area contributed by atoms with E-state index in [2.05, 4.69) is 0 Å². The predicted octanol–water partition coefficient (Wildman–Crippen LogP) is 0.485. The van der Waals surface area contributed by atoms with E-state index in [1.54, 1.807) is 6.07 Å². The molecule has 0 aromatic heterocycles. The lowest BCUT2D eigenvalue weighted by molar-refractivity contribution is -0.144. The van der Waals surface area contributed by atoms with Crippen LogP contribution in [0, 0.1) is 5.92 Å². The van der Waals surface area contributed by atoms with Crippen LogP contribution in [0.15, 0.2) is 18.2 Å². The van der Waals surface area contributed by atoms with Crippen LogP contribution in [0.5, 0.6) is 11.5 Å². The van der Waals surface area contributed by atoms with E-state index in [-0.39, 0.29) is 12.4 Å². The highest BCUT2D eigenvalue weighted by molar-refractivity contribution is 5.72. The largest absolute Gasteiger partial charge is 0.508 e. The monoisotopic (exact) mass is 209 g/mol. The Kier molecular flexibility index (Phi) is 2.24. The smallest absolute Gasteiger partial charge is 0.311 e. The zero-order chi connectivity index (χ0) is 11.0. The second-order valence-corrected chi connectivity index (χ2v) is 3.50. The van der Waals surface area contributed by atoms with E-state index in [0.717, 1.165) is 0 Å². The highest BCUT2D eigenvalue weighted by Gasteiger charge is 2.33. The normalized spacial score (nSPS) is 24.1. The average molecular weight is 209 g/mol. The number of aliphatic carboxylic acids is 1. The molecule has 1 aliphatic heterocycles. The Labute approximate surface area is 86.1 Å². The van der Waals surface area contributed by atoms with Gasteiger partial charge in [0.15, 0.2) is 0 Å². The number of carboxylic acid groups (broad SMARTS) is 1. The van der Waals surface area contributed by atoms with E-state index in [4.69, 9.17) is 15.6 Å². The topological polar surface area (TPSA) is 92.8 Å². The maximum Gasteiger partial charge on any atom is 0.311 e. The van der Waals surface area contributed by atoms with E-state index >= 15 is 0 Å². The van der Waals surface area contributed by atoms with Crippen molar-refractivity contribution in [2.45, 2.75) is 6.04 Å². The van der Waals surface area contributed by atoms with E-state index in [1.165, 1.54) is 12.1 Å². The molecule has 4 N–H and O–H groups in total. The van der Waals surface area contributed by atoms with Crippen LogP contribution in [-0.2, 0) is 4.79 Å². The molecule has 0 fully saturated rings. The van der Waals surface area contributed by atoms with Gasteiger partial charge < -0.3 is 20.7 Å². The molecule has 0 bridgehead atoms. The summed E-state index contributed by atoms with van der Waals surface area (Å²) in [4.78, 5) is 10.8. The number of carboxylic acids is 1. The van der Waals surface area contributed by atoms with Gasteiger partial charge >= 0.3 is 5.97 Å². The Morgan fingerprint density at radius 2 is 2.27 bits per heavy atom. The van der Waals surface area contributed by atoms with Crippen molar-refractivity contribution in [1.29, 1.82) is 0 Å². The van der Waals surface area contributed by atoms with E-state index in [9.17, 15) is 9.90 Å². The zero-order valence-corrected chi connectivity index (χ0v) is 7.88. The van der Waals surface area contributed by atoms with Gasteiger partial charge in [-0.3, -0.25) is 4.79 Å². The van der Waals surface area contributed by atoms with Crippen LogP contribution >= 0.6 is 0 Å². The van der Waals surface area contributed by atoms with Crippen molar-refractivity contribution >= 4 is 5.97 Å². The molecule has 1 aromatic carbocycles. The molecule has 5 nitrogen and oxygen atoms in total. The summed E-state index contributed by atoms with van der Waals surface area (Å²) in [6, 6.07) is 3.86. The number of ether oxygens (including phenoxy) is 1. The Hall–Kier alpha value is -1.75. The Morgan fingerprint density at radius 1 is 1.53 bits per heavy atom. The van der Waals surface area contributed by atoms with Gasteiger partial charge in [0.25, 0.3) is 0 Å². The van der Waals surface area contributed by atoms with Crippen LogP contribution in [-0.4, -0.2) is 22.8 Å². The molecule has 2 atom stereocenters. The molecule has 2 rings (SSSR count). The number of hydrogen-bond donors (Lipinski definition) is 3. The number of rotatable bonds is 1. The van der Waals surface area contributed by atoms with Crippen molar-refractivity contribution < 1.29 is 19.7 Å². The summed E-state index contributed by atoms with van der Waals surface area (Å²) in [6.45, 7) is 0.0638. The van der Waals surface area contributed by atoms with Gasteiger partial charge in [-0.25, -0.2) is 0 Å². The van der Waals surface area contributed by atoms with Gasteiger partial charge in [0.1, 0.15) is 24.0 Å². The predicted molar refractivity (Wildman–Crippen MR) is 51.7 cm³/mol. The molecule has 15 heavy (non-hydrogen) atoms. The van der Waals surface area contributed by atoms with Gasteiger partial charge in [-0.1, -0.05) is 0 Å². The number of phenols is 1. The zero-order valence-electron chi connectivity index (χ0n) is 7.88. The Balaban J connectivity index is 2.40. The summed E-state index contributed by atoms with van der Waals surface area (Å²) in [5.74, 6) is -1.16. The number of benzene rings is 1. The first-order chi connectivity index (χ1) is 7.09. The van der Waals surface area contributed by atoms with Gasteiger partial charge in [-0.05, 0) is 18.2 Å². The highest BCUT2D eigenvalue weighted by atomic mass is 16.5. The lowest BCUT2D eigenvalue weighted by atomic mass is 9.91. The second-order valence-electron chi connectivity index (χ2n) is 3.50. The molecule has 1 heterocycles. The molecule has 2 unspecified atom stereocenters. The number of carbonyl (C=O) groups is 1. The summed E-state index contributed by atoms with van der Waals surface area (Å²) in [7, 11) is 0. The minimum atomic E-state index is -0.989. The molecule has 0 spiro atoms.